The number of amides is 2. The van der Waals surface area contributed by atoms with Gasteiger partial charge in [-0.2, -0.15) is 0 Å². The molecular weight excluding hydrogens is 429 g/mol. The molecule has 0 unspecified atom stereocenters. The second-order valence-electron chi connectivity index (χ2n) is 6.39. The zero-order valence-corrected chi connectivity index (χ0v) is 17.3. The SMILES string of the molecule is O=C(NCCCOc1cc(C(=O)O)nc2cc(Cl)cc(Cl)c12)NCc1ccccc1. The highest BCUT2D eigenvalue weighted by Crippen LogP contribution is 2.34. The van der Waals surface area contributed by atoms with Crippen molar-refractivity contribution in [1.82, 2.24) is 15.6 Å². The van der Waals surface area contributed by atoms with E-state index in [1.165, 1.54) is 12.1 Å². The lowest BCUT2D eigenvalue weighted by Gasteiger charge is -2.12. The predicted octanol–water partition coefficient (Wildman–Crippen LogP) is 4.51. The van der Waals surface area contributed by atoms with E-state index in [-0.39, 0.29) is 18.3 Å². The van der Waals surface area contributed by atoms with Gasteiger partial charge in [0.25, 0.3) is 0 Å². The number of carboxylic acids is 1. The summed E-state index contributed by atoms with van der Waals surface area (Å²) in [5.41, 5.74) is 1.17. The summed E-state index contributed by atoms with van der Waals surface area (Å²) in [5.74, 6) is -0.887. The second kappa shape index (κ2) is 10.1. The number of nitrogens with one attached hydrogen (secondary N) is 2. The summed E-state index contributed by atoms with van der Waals surface area (Å²) in [6.07, 6.45) is 0.510. The molecule has 9 heteroatoms. The van der Waals surface area contributed by atoms with Crippen LogP contribution in [0.4, 0.5) is 4.79 Å². The molecular formula is C21H19Cl2N3O4. The Hall–Kier alpha value is -3.03. The highest BCUT2D eigenvalue weighted by atomic mass is 35.5. The van der Waals surface area contributed by atoms with Crippen LogP contribution in [-0.4, -0.2) is 35.2 Å². The molecule has 1 aromatic heterocycles. The Balaban J connectivity index is 1.54. The number of aromatic nitrogens is 1. The molecule has 0 aliphatic rings. The number of fused-ring (bicyclic) bond motifs is 1. The molecule has 0 saturated heterocycles. The maximum atomic E-state index is 11.9. The number of carbonyl (C=O) groups excluding carboxylic acids is 1. The van der Waals surface area contributed by atoms with E-state index in [9.17, 15) is 14.7 Å². The first kappa shape index (κ1) is 21.7. The molecule has 3 N–H and O–H groups in total. The van der Waals surface area contributed by atoms with Crippen LogP contribution < -0.4 is 15.4 Å². The highest BCUT2D eigenvalue weighted by molar-refractivity contribution is 6.39. The lowest BCUT2D eigenvalue weighted by Crippen LogP contribution is -2.35. The van der Waals surface area contributed by atoms with Crippen molar-refractivity contribution in [3.05, 3.63) is 69.8 Å². The van der Waals surface area contributed by atoms with Crippen LogP contribution in [0.3, 0.4) is 0 Å². The number of hydrogen-bond acceptors (Lipinski definition) is 4. The quantitative estimate of drug-likeness (QED) is 0.441. The van der Waals surface area contributed by atoms with Crippen molar-refractivity contribution in [2.75, 3.05) is 13.2 Å². The van der Waals surface area contributed by atoms with Gasteiger partial charge in [-0.3, -0.25) is 0 Å². The number of carboxylic acid groups (broad SMARTS) is 1. The molecule has 156 valence electrons. The molecule has 0 saturated carbocycles. The molecule has 2 amide bonds. The minimum Gasteiger partial charge on any atom is -0.493 e. The van der Waals surface area contributed by atoms with Crippen molar-refractivity contribution >= 4 is 46.1 Å². The number of urea groups is 1. The van der Waals surface area contributed by atoms with Gasteiger partial charge in [-0.15, -0.1) is 0 Å². The number of hydrogen-bond donors (Lipinski definition) is 3. The van der Waals surface area contributed by atoms with E-state index in [2.05, 4.69) is 15.6 Å². The Morgan fingerprint density at radius 2 is 1.83 bits per heavy atom. The number of carbonyl (C=O) groups is 2. The van der Waals surface area contributed by atoms with Crippen LogP contribution in [0.1, 0.15) is 22.5 Å². The Morgan fingerprint density at radius 1 is 1.07 bits per heavy atom. The smallest absolute Gasteiger partial charge is 0.354 e. The lowest BCUT2D eigenvalue weighted by atomic mass is 10.1. The first-order valence-electron chi connectivity index (χ1n) is 9.15. The van der Waals surface area contributed by atoms with Crippen LogP contribution in [0.2, 0.25) is 10.0 Å². The molecule has 7 nitrogen and oxygen atoms in total. The minimum atomic E-state index is -1.19. The van der Waals surface area contributed by atoms with Gasteiger partial charge < -0.3 is 20.5 Å². The monoisotopic (exact) mass is 447 g/mol. The summed E-state index contributed by atoms with van der Waals surface area (Å²) in [4.78, 5) is 27.3. The summed E-state index contributed by atoms with van der Waals surface area (Å²) in [6.45, 7) is 1.07. The van der Waals surface area contributed by atoms with Gasteiger partial charge in [-0.1, -0.05) is 53.5 Å². The van der Waals surface area contributed by atoms with Crippen molar-refractivity contribution < 1.29 is 19.4 Å². The van der Waals surface area contributed by atoms with Gasteiger partial charge >= 0.3 is 12.0 Å². The van der Waals surface area contributed by atoms with E-state index < -0.39 is 5.97 Å². The van der Waals surface area contributed by atoms with Gasteiger partial charge in [0.05, 0.1) is 22.5 Å². The molecule has 3 aromatic rings. The van der Waals surface area contributed by atoms with Crippen LogP contribution in [0.5, 0.6) is 5.75 Å². The standard InChI is InChI=1S/C21H19Cl2N3O4/c22-14-9-15(23)19-16(10-14)26-17(20(27)28)11-18(19)30-8-4-7-24-21(29)25-12-13-5-2-1-3-6-13/h1-3,5-6,9-11H,4,7-8,12H2,(H,27,28)(H2,24,25,29). The average Bonchev–Trinajstić information content (AvgIpc) is 2.71. The number of rotatable bonds is 8. The number of aromatic carboxylic acids is 1. The molecule has 3 rings (SSSR count). The van der Waals surface area contributed by atoms with Crippen molar-refractivity contribution in [1.29, 1.82) is 0 Å². The molecule has 1 heterocycles. The zero-order valence-electron chi connectivity index (χ0n) is 15.8. The van der Waals surface area contributed by atoms with Gasteiger partial charge in [0.1, 0.15) is 5.75 Å². The fraction of sp³-hybridized carbons (Fsp3) is 0.190. The molecule has 0 aliphatic heterocycles. The van der Waals surface area contributed by atoms with E-state index in [0.717, 1.165) is 5.56 Å². The van der Waals surface area contributed by atoms with E-state index >= 15 is 0 Å². The first-order valence-corrected chi connectivity index (χ1v) is 9.91. The largest absolute Gasteiger partial charge is 0.493 e. The highest BCUT2D eigenvalue weighted by Gasteiger charge is 2.15. The van der Waals surface area contributed by atoms with Crippen molar-refractivity contribution in [2.24, 2.45) is 0 Å². The number of pyridine rings is 1. The van der Waals surface area contributed by atoms with E-state index in [0.29, 0.717) is 46.2 Å². The fourth-order valence-electron chi connectivity index (χ4n) is 2.77. The Kier molecular flexibility index (Phi) is 7.32. The molecule has 2 aromatic carbocycles. The Labute approximate surface area is 183 Å². The van der Waals surface area contributed by atoms with E-state index in [1.54, 1.807) is 6.07 Å². The molecule has 0 radical (unpaired) electrons. The lowest BCUT2D eigenvalue weighted by molar-refractivity contribution is 0.0690. The summed E-state index contributed by atoms with van der Waals surface area (Å²) in [7, 11) is 0. The summed E-state index contributed by atoms with van der Waals surface area (Å²) < 4.78 is 5.74. The Bertz CT molecular complexity index is 1060. The molecule has 30 heavy (non-hydrogen) atoms. The van der Waals surface area contributed by atoms with E-state index in [4.69, 9.17) is 27.9 Å². The molecule has 0 spiro atoms. The Morgan fingerprint density at radius 3 is 2.57 bits per heavy atom. The van der Waals surface area contributed by atoms with Crippen LogP contribution in [0, 0.1) is 0 Å². The molecule has 0 fully saturated rings. The van der Waals surface area contributed by atoms with Gasteiger partial charge in [0.15, 0.2) is 5.69 Å². The number of ether oxygens (including phenoxy) is 1. The van der Waals surface area contributed by atoms with Crippen LogP contribution in [-0.2, 0) is 6.54 Å². The third kappa shape index (κ3) is 5.75. The topological polar surface area (TPSA) is 101 Å². The normalized spacial score (nSPS) is 10.6. The van der Waals surface area contributed by atoms with Crippen molar-refractivity contribution in [2.45, 2.75) is 13.0 Å². The average molecular weight is 448 g/mol. The van der Waals surface area contributed by atoms with Crippen LogP contribution in [0.15, 0.2) is 48.5 Å². The van der Waals surface area contributed by atoms with Crippen molar-refractivity contribution in [3.8, 4) is 5.75 Å². The number of halogens is 2. The van der Waals surface area contributed by atoms with E-state index in [1.807, 2.05) is 30.3 Å². The van der Waals surface area contributed by atoms with Crippen LogP contribution >= 0.6 is 23.2 Å². The summed E-state index contributed by atoms with van der Waals surface area (Å²) >= 11 is 12.2. The third-order valence-corrected chi connectivity index (χ3v) is 4.68. The molecule has 0 atom stereocenters. The summed E-state index contributed by atoms with van der Waals surface area (Å²) in [6, 6.07) is 13.7. The summed E-state index contributed by atoms with van der Waals surface area (Å²) in [5, 5.41) is 15.9. The predicted molar refractivity (Wildman–Crippen MR) is 116 cm³/mol. The first-order chi connectivity index (χ1) is 14.4. The number of benzene rings is 2. The minimum absolute atomic E-state index is 0.172. The fourth-order valence-corrected chi connectivity index (χ4v) is 3.35. The zero-order chi connectivity index (χ0) is 21.5. The van der Waals surface area contributed by atoms with Gasteiger partial charge in [-0.25, -0.2) is 14.6 Å². The molecule has 0 aliphatic carbocycles. The molecule has 0 bridgehead atoms. The number of nitrogens with zero attached hydrogens (tertiary/aromatic N) is 1. The van der Waals surface area contributed by atoms with Gasteiger partial charge in [-0.05, 0) is 24.1 Å². The van der Waals surface area contributed by atoms with Crippen LogP contribution in [0.25, 0.3) is 10.9 Å². The third-order valence-electron chi connectivity index (χ3n) is 4.17. The van der Waals surface area contributed by atoms with Gasteiger partial charge in [0, 0.05) is 24.2 Å². The maximum Gasteiger partial charge on any atom is 0.354 e. The maximum absolute atomic E-state index is 11.9. The van der Waals surface area contributed by atoms with Crippen molar-refractivity contribution in [3.63, 3.8) is 0 Å². The second-order valence-corrected chi connectivity index (χ2v) is 7.23. The van der Waals surface area contributed by atoms with Gasteiger partial charge in [0.2, 0.25) is 0 Å².